The van der Waals surface area contributed by atoms with Crippen molar-refractivity contribution in [2.75, 3.05) is 6.61 Å². The summed E-state index contributed by atoms with van der Waals surface area (Å²) in [6.45, 7) is 5.57. The highest BCUT2D eigenvalue weighted by Crippen LogP contribution is 2.21. The molecule has 1 atom stereocenters. The first kappa shape index (κ1) is 15.7. The molecular weight excluding hydrogens is 264 g/mol. The quantitative estimate of drug-likeness (QED) is 0.753. The van der Waals surface area contributed by atoms with Gasteiger partial charge in [0.15, 0.2) is 15.1 Å². The van der Waals surface area contributed by atoms with Crippen molar-refractivity contribution < 1.29 is 17.9 Å². The van der Waals surface area contributed by atoms with E-state index in [1.165, 1.54) is 12.1 Å². The standard InChI is InChI=1S/C14H20O4S/c1-4-6-13(14(15)18-5-2)19(16,17)12-9-7-11(3)8-10-12/h7-10,13H,4-6H2,1-3H3. The van der Waals surface area contributed by atoms with Crippen molar-refractivity contribution in [3.63, 3.8) is 0 Å². The minimum Gasteiger partial charge on any atom is -0.465 e. The van der Waals surface area contributed by atoms with Crippen LogP contribution in [0.15, 0.2) is 29.2 Å². The van der Waals surface area contributed by atoms with Gasteiger partial charge in [-0.1, -0.05) is 31.0 Å². The van der Waals surface area contributed by atoms with E-state index in [2.05, 4.69) is 0 Å². The van der Waals surface area contributed by atoms with Gasteiger partial charge in [0.2, 0.25) is 0 Å². The van der Waals surface area contributed by atoms with Gasteiger partial charge in [-0.05, 0) is 32.4 Å². The fraction of sp³-hybridized carbons (Fsp3) is 0.500. The van der Waals surface area contributed by atoms with Crippen LogP contribution in [0.25, 0.3) is 0 Å². The Morgan fingerprint density at radius 1 is 1.21 bits per heavy atom. The Morgan fingerprint density at radius 3 is 2.26 bits per heavy atom. The second-order valence-electron chi connectivity index (χ2n) is 4.39. The van der Waals surface area contributed by atoms with E-state index in [0.717, 1.165) is 5.56 Å². The van der Waals surface area contributed by atoms with E-state index in [-0.39, 0.29) is 17.9 Å². The average Bonchev–Trinajstić information content (AvgIpc) is 2.36. The number of carbonyl (C=O) groups excluding carboxylic acids is 1. The number of hydrogen-bond donors (Lipinski definition) is 0. The van der Waals surface area contributed by atoms with E-state index in [4.69, 9.17) is 4.74 Å². The largest absolute Gasteiger partial charge is 0.465 e. The first-order valence-electron chi connectivity index (χ1n) is 6.40. The molecule has 0 fully saturated rings. The molecule has 0 spiro atoms. The number of esters is 1. The van der Waals surface area contributed by atoms with E-state index >= 15 is 0 Å². The summed E-state index contributed by atoms with van der Waals surface area (Å²) in [5.41, 5.74) is 0.974. The van der Waals surface area contributed by atoms with Crippen molar-refractivity contribution in [1.29, 1.82) is 0 Å². The molecule has 0 saturated heterocycles. The fourth-order valence-electron chi connectivity index (χ4n) is 1.79. The summed E-state index contributed by atoms with van der Waals surface area (Å²) >= 11 is 0. The van der Waals surface area contributed by atoms with Crippen molar-refractivity contribution in [3.05, 3.63) is 29.8 Å². The molecule has 0 radical (unpaired) electrons. The molecule has 1 aromatic rings. The normalized spacial score (nSPS) is 13.0. The summed E-state index contributed by atoms with van der Waals surface area (Å²) in [6, 6.07) is 6.52. The molecule has 1 rings (SSSR count). The van der Waals surface area contributed by atoms with Gasteiger partial charge in [0.25, 0.3) is 0 Å². The third-order valence-electron chi connectivity index (χ3n) is 2.82. The summed E-state index contributed by atoms with van der Waals surface area (Å²) in [5.74, 6) is -0.662. The van der Waals surface area contributed by atoms with Crippen LogP contribution >= 0.6 is 0 Å². The molecule has 0 saturated carbocycles. The first-order chi connectivity index (χ1) is 8.93. The van der Waals surface area contributed by atoms with Crippen molar-refractivity contribution >= 4 is 15.8 Å². The monoisotopic (exact) mass is 284 g/mol. The minimum atomic E-state index is -3.68. The number of sulfone groups is 1. The smallest absolute Gasteiger partial charge is 0.324 e. The van der Waals surface area contributed by atoms with E-state index in [1.807, 2.05) is 13.8 Å². The van der Waals surface area contributed by atoms with Crippen LogP contribution in [0.3, 0.4) is 0 Å². The molecule has 0 bridgehead atoms. The highest BCUT2D eigenvalue weighted by Gasteiger charge is 2.34. The third kappa shape index (κ3) is 3.80. The predicted octanol–water partition coefficient (Wildman–Crippen LogP) is 2.50. The summed E-state index contributed by atoms with van der Waals surface area (Å²) in [6.07, 6.45) is 0.879. The number of carbonyl (C=O) groups is 1. The van der Waals surface area contributed by atoms with Gasteiger partial charge in [0.1, 0.15) is 0 Å². The number of rotatable bonds is 6. The number of benzene rings is 1. The molecule has 0 N–H and O–H groups in total. The van der Waals surface area contributed by atoms with Gasteiger partial charge in [-0.15, -0.1) is 0 Å². The molecule has 1 aromatic carbocycles. The van der Waals surface area contributed by atoms with Gasteiger partial charge in [0.05, 0.1) is 11.5 Å². The molecule has 1 unspecified atom stereocenters. The van der Waals surface area contributed by atoms with Gasteiger partial charge >= 0.3 is 5.97 Å². The van der Waals surface area contributed by atoms with Crippen molar-refractivity contribution in [2.24, 2.45) is 0 Å². The van der Waals surface area contributed by atoms with Crippen molar-refractivity contribution in [2.45, 2.75) is 43.8 Å². The predicted molar refractivity (Wildman–Crippen MR) is 73.7 cm³/mol. The number of ether oxygens (including phenoxy) is 1. The van der Waals surface area contributed by atoms with Crippen molar-refractivity contribution in [1.82, 2.24) is 0 Å². The zero-order chi connectivity index (χ0) is 14.5. The zero-order valence-corrected chi connectivity index (χ0v) is 12.4. The summed E-state index contributed by atoms with van der Waals surface area (Å²) in [4.78, 5) is 12.0. The lowest BCUT2D eigenvalue weighted by Crippen LogP contribution is -2.32. The maximum Gasteiger partial charge on any atom is 0.324 e. The Hall–Kier alpha value is -1.36. The minimum absolute atomic E-state index is 0.171. The van der Waals surface area contributed by atoms with E-state index in [1.54, 1.807) is 19.1 Å². The van der Waals surface area contributed by atoms with Crippen LogP contribution in [0.1, 0.15) is 32.3 Å². The fourth-order valence-corrected chi connectivity index (χ4v) is 3.50. The molecule has 0 aliphatic heterocycles. The van der Waals surface area contributed by atoms with E-state index < -0.39 is 21.1 Å². The van der Waals surface area contributed by atoms with Crippen LogP contribution in [-0.4, -0.2) is 26.2 Å². The van der Waals surface area contributed by atoms with Crippen LogP contribution in [0.5, 0.6) is 0 Å². The highest BCUT2D eigenvalue weighted by molar-refractivity contribution is 7.92. The van der Waals surface area contributed by atoms with Crippen LogP contribution in [-0.2, 0) is 19.4 Å². The first-order valence-corrected chi connectivity index (χ1v) is 7.95. The lowest BCUT2D eigenvalue weighted by atomic mass is 10.2. The van der Waals surface area contributed by atoms with Gasteiger partial charge in [-0.2, -0.15) is 0 Å². The Morgan fingerprint density at radius 2 is 1.79 bits per heavy atom. The zero-order valence-electron chi connectivity index (χ0n) is 11.5. The summed E-state index contributed by atoms with van der Waals surface area (Å²) < 4.78 is 29.8. The second kappa shape index (κ2) is 6.70. The average molecular weight is 284 g/mol. The molecule has 0 amide bonds. The Bertz CT molecular complexity index is 517. The van der Waals surface area contributed by atoms with Gasteiger partial charge < -0.3 is 4.74 Å². The summed E-state index contributed by atoms with van der Waals surface area (Å²) in [5, 5.41) is -1.11. The van der Waals surface area contributed by atoms with Crippen molar-refractivity contribution in [3.8, 4) is 0 Å². The van der Waals surface area contributed by atoms with Crippen LogP contribution in [0, 0.1) is 6.92 Å². The lowest BCUT2D eigenvalue weighted by molar-refractivity contribution is -0.142. The van der Waals surface area contributed by atoms with E-state index in [0.29, 0.717) is 6.42 Å². The highest BCUT2D eigenvalue weighted by atomic mass is 32.2. The Balaban J connectivity index is 3.12. The molecular formula is C14H20O4S. The number of aryl methyl sites for hydroxylation is 1. The second-order valence-corrected chi connectivity index (χ2v) is 6.52. The van der Waals surface area contributed by atoms with Gasteiger partial charge in [-0.25, -0.2) is 8.42 Å². The van der Waals surface area contributed by atoms with Gasteiger partial charge in [-0.3, -0.25) is 4.79 Å². The Kier molecular flexibility index (Phi) is 5.54. The van der Waals surface area contributed by atoms with Crippen LogP contribution < -0.4 is 0 Å². The van der Waals surface area contributed by atoms with Crippen LogP contribution in [0.4, 0.5) is 0 Å². The molecule has 4 nitrogen and oxygen atoms in total. The lowest BCUT2D eigenvalue weighted by Gasteiger charge is -2.15. The molecule has 19 heavy (non-hydrogen) atoms. The SMILES string of the molecule is CCCC(C(=O)OCC)S(=O)(=O)c1ccc(C)cc1. The maximum atomic E-state index is 12.4. The topological polar surface area (TPSA) is 60.4 Å². The molecule has 106 valence electrons. The summed E-state index contributed by atoms with van der Waals surface area (Å²) in [7, 11) is -3.68. The molecule has 0 aromatic heterocycles. The Labute approximate surface area is 114 Å². The number of hydrogen-bond acceptors (Lipinski definition) is 4. The molecule has 0 aliphatic carbocycles. The van der Waals surface area contributed by atoms with Gasteiger partial charge in [0, 0.05) is 0 Å². The molecule has 5 heteroatoms. The molecule has 0 heterocycles. The van der Waals surface area contributed by atoms with Crippen LogP contribution in [0.2, 0.25) is 0 Å². The maximum absolute atomic E-state index is 12.4. The van der Waals surface area contributed by atoms with E-state index in [9.17, 15) is 13.2 Å². The third-order valence-corrected chi connectivity index (χ3v) is 4.93. The molecule has 0 aliphatic rings.